The zero-order valence-corrected chi connectivity index (χ0v) is 14.4. The van der Waals surface area contributed by atoms with Gasteiger partial charge in [0.2, 0.25) is 0 Å². The molecule has 4 rings (SSSR count). The minimum atomic E-state index is -0.193. The lowest BCUT2D eigenvalue weighted by atomic mass is 9.76. The van der Waals surface area contributed by atoms with Crippen LogP contribution in [0, 0.1) is 5.82 Å². The first kappa shape index (κ1) is 16.1. The topological polar surface area (TPSA) is 50.2 Å². The molecule has 5 nitrogen and oxygen atoms in total. The predicted octanol–water partition coefficient (Wildman–Crippen LogP) is 3.35. The Hall–Kier alpha value is -2.37. The average Bonchev–Trinajstić information content (AvgIpc) is 3.18. The SMILES string of the molecule is Cn1cc(C2CCCN2C(=O)NC2CC(c3cccc(F)c3)C2)cn1. The maximum atomic E-state index is 13.3. The summed E-state index contributed by atoms with van der Waals surface area (Å²) < 4.78 is 15.1. The smallest absolute Gasteiger partial charge is 0.318 e. The molecule has 2 heterocycles. The first-order chi connectivity index (χ1) is 12.1. The van der Waals surface area contributed by atoms with Crippen molar-refractivity contribution in [3.05, 3.63) is 53.6 Å². The minimum absolute atomic E-state index is 0.00838. The van der Waals surface area contributed by atoms with Crippen molar-refractivity contribution in [3.63, 3.8) is 0 Å². The molecule has 0 radical (unpaired) electrons. The number of hydrogen-bond acceptors (Lipinski definition) is 2. The highest BCUT2D eigenvalue weighted by Gasteiger charge is 2.36. The van der Waals surface area contributed by atoms with E-state index in [-0.39, 0.29) is 23.9 Å². The second-order valence-electron chi connectivity index (χ2n) is 7.17. The van der Waals surface area contributed by atoms with Gasteiger partial charge in [0.05, 0.1) is 12.2 Å². The van der Waals surface area contributed by atoms with Crippen LogP contribution >= 0.6 is 0 Å². The van der Waals surface area contributed by atoms with E-state index in [4.69, 9.17) is 0 Å². The zero-order valence-electron chi connectivity index (χ0n) is 14.4. The van der Waals surface area contributed by atoms with Crippen molar-refractivity contribution in [1.82, 2.24) is 20.0 Å². The van der Waals surface area contributed by atoms with E-state index in [0.29, 0.717) is 5.92 Å². The Balaban J connectivity index is 1.34. The van der Waals surface area contributed by atoms with E-state index < -0.39 is 0 Å². The highest BCUT2D eigenvalue weighted by molar-refractivity contribution is 5.75. The Kier molecular flexibility index (Phi) is 4.19. The Labute approximate surface area is 146 Å². The fourth-order valence-corrected chi connectivity index (χ4v) is 3.99. The van der Waals surface area contributed by atoms with E-state index in [0.717, 1.165) is 43.4 Å². The van der Waals surface area contributed by atoms with Crippen LogP contribution in [0.5, 0.6) is 0 Å². The maximum absolute atomic E-state index is 13.3. The third kappa shape index (κ3) is 3.25. The Morgan fingerprint density at radius 2 is 2.16 bits per heavy atom. The van der Waals surface area contributed by atoms with Crippen molar-refractivity contribution in [3.8, 4) is 0 Å². The number of halogens is 1. The number of benzene rings is 1. The van der Waals surface area contributed by atoms with Crippen molar-refractivity contribution < 1.29 is 9.18 Å². The monoisotopic (exact) mass is 342 g/mol. The molecule has 0 spiro atoms. The third-order valence-electron chi connectivity index (χ3n) is 5.41. The molecule has 1 aliphatic carbocycles. The van der Waals surface area contributed by atoms with Gasteiger partial charge in [-0.25, -0.2) is 9.18 Å². The molecule has 2 amide bonds. The quantitative estimate of drug-likeness (QED) is 0.930. The molecule has 1 aliphatic heterocycles. The van der Waals surface area contributed by atoms with E-state index in [1.165, 1.54) is 6.07 Å². The third-order valence-corrected chi connectivity index (χ3v) is 5.41. The molecule has 2 fully saturated rings. The predicted molar refractivity (Wildman–Crippen MR) is 92.6 cm³/mol. The highest BCUT2D eigenvalue weighted by atomic mass is 19.1. The molecule has 1 atom stereocenters. The van der Waals surface area contributed by atoms with Gasteiger partial charge < -0.3 is 10.2 Å². The lowest BCUT2D eigenvalue weighted by Gasteiger charge is -2.37. The Bertz CT molecular complexity index is 768. The van der Waals surface area contributed by atoms with Crippen LogP contribution in [0.25, 0.3) is 0 Å². The molecule has 1 N–H and O–H groups in total. The second-order valence-corrected chi connectivity index (χ2v) is 7.17. The molecule has 2 aliphatic rings. The summed E-state index contributed by atoms with van der Waals surface area (Å²) in [6.45, 7) is 0.783. The van der Waals surface area contributed by atoms with Gasteiger partial charge in [-0.05, 0) is 49.3 Å². The first-order valence-corrected chi connectivity index (χ1v) is 8.91. The maximum Gasteiger partial charge on any atom is 0.318 e. The summed E-state index contributed by atoms with van der Waals surface area (Å²) in [6, 6.07) is 7.08. The van der Waals surface area contributed by atoms with Gasteiger partial charge in [0, 0.05) is 31.4 Å². The summed E-state index contributed by atoms with van der Waals surface area (Å²) in [7, 11) is 1.89. The van der Waals surface area contributed by atoms with Crippen molar-refractivity contribution in [1.29, 1.82) is 0 Å². The van der Waals surface area contributed by atoms with Crippen molar-refractivity contribution in [2.75, 3.05) is 6.54 Å². The number of urea groups is 1. The van der Waals surface area contributed by atoms with Crippen molar-refractivity contribution >= 4 is 6.03 Å². The van der Waals surface area contributed by atoms with Gasteiger partial charge in [-0.1, -0.05) is 12.1 Å². The minimum Gasteiger partial charge on any atom is -0.335 e. The summed E-state index contributed by atoms with van der Waals surface area (Å²) in [5.41, 5.74) is 2.13. The van der Waals surface area contributed by atoms with Crippen LogP contribution in [-0.2, 0) is 7.05 Å². The molecule has 132 valence electrons. The van der Waals surface area contributed by atoms with E-state index in [1.807, 2.05) is 30.4 Å². The first-order valence-electron chi connectivity index (χ1n) is 8.91. The lowest BCUT2D eigenvalue weighted by molar-refractivity contribution is 0.178. The molecule has 1 saturated heterocycles. The summed E-state index contributed by atoms with van der Waals surface area (Å²) >= 11 is 0. The molecular weight excluding hydrogens is 319 g/mol. The van der Waals surface area contributed by atoms with Gasteiger partial charge in [-0.3, -0.25) is 4.68 Å². The fraction of sp³-hybridized carbons (Fsp3) is 0.474. The molecule has 1 aromatic carbocycles. The Morgan fingerprint density at radius 1 is 1.32 bits per heavy atom. The van der Waals surface area contributed by atoms with Gasteiger partial charge in [-0.15, -0.1) is 0 Å². The van der Waals surface area contributed by atoms with Gasteiger partial charge in [-0.2, -0.15) is 5.10 Å². The van der Waals surface area contributed by atoms with Crippen molar-refractivity contribution in [2.45, 2.75) is 43.7 Å². The Morgan fingerprint density at radius 3 is 2.88 bits per heavy atom. The number of amides is 2. The molecule has 25 heavy (non-hydrogen) atoms. The summed E-state index contributed by atoms with van der Waals surface area (Å²) in [6.07, 6.45) is 7.58. The fourth-order valence-electron chi connectivity index (χ4n) is 3.99. The lowest BCUT2D eigenvalue weighted by Crippen LogP contribution is -2.49. The zero-order chi connectivity index (χ0) is 17.4. The van der Waals surface area contributed by atoms with Crippen molar-refractivity contribution in [2.24, 2.45) is 7.05 Å². The van der Waals surface area contributed by atoms with Gasteiger partial charge in [0.1, 0.15) is 5.82 Å². The molecule has 2 aromatic rings. The number of carbonyl (C=O) groups is 1. The molecule has 1 unspecified atom stereocenters. The van der Waals surface area contributed by atoms with Crippen LogP contribution in [0.2, 0.25) is 0 Å². The number of likely N-dealkylation sites (tertiary alicyclic amines) is 1. The number of aromatic nitrogens is 2. The van der Waals surface area contributed by atoms with Crippen LogP contribution in [0.15, 0.2) is 36.7 Å². The van der Waals surface area contributed by atoms with E-state index in [9.17, 15) is 9.18 Å². The van der Waals surface area contributed by atoms with Crippen LogP contribution in [0.4, 0.5) is 9.18 Å². The normalized spacial score (nSPS) is 25.7. The van der Waals surface area contributed by atoms with Gasteiger partial charge in [0.15, 0.2) is 0 Å². The van der Waals surface area contributed by atoms with E-state index in [2.05, 4.69) is 10.4 Å². The standard InChI is InChI=1S/C19H23FN4O/c1-23-12-15(11-21-23)18-6-3-7-24(18)19(25)22-17-9-14(10-17)13-4-2-5-16(20)8-13/h2,4-5,8,11-12,14,17-18H,3,6-7,9-10H2,1H3,(H,22,25). The second kappa shape index (κ2) is 6.50. The summed E-state index contributed by atoms with van der Waals surface area (Å²) in [5.74, 6) is 0.148. The number of aryl methyl sites for hydroxylation is 1. The number of hydrogen-bond donors (Lipinski definition) is 1. The molecule has 0 bridgehead atoms. The van der Waals surface area contributed by atoms with Gasteiger partial charge in [0.25, 0.3) is 0 Å². The van der Waals surface area contributed by atoms with Crippen LogP contribution in [0.3, 0.4) is 0 Å². The molecule has 1 aromatic heterocycles. The van der Waals surface area contributed by atoms with E-state index >= 15 is 0 Å². The van der Waals surface area contributed by atoms with Crippen LogP contribution in [0.1, 0.15) is 48.8 Å². The van der Waals surface area contributed by atoms with Crippen LogP contribution < -0.4 is 5.32 Å². The molecular formula is C19H23FN4O. The highest BCUT2D eigenvalue weighted by Crippen LogP contribution is 2.38. The largest absolute Gasteiger partial charge is 0.335 e. The number of carbonyl (C=O) groups excluding carboxylic acids is 1. The summed E-state index contributed by atoms with van der Waals surface area (Å²) in [4.78, 5) is 14.6. The number of nitrogens with zero attached hydrogens (tertiary/aromatic N) is 3. The molecule has 1 saturated carbocycles. The average molecular weight is 342 g/mol. The van der Waals surface area contributed by atoms with E-state index in [1.54, 1.807) is 16.8 Å². The molecule has 6 heteroatoms. The number of nitrogens with one attached hydrogen (secondary N) is 1. The van der Waals surface area contributed by atoms with Crippen LogP contribution in [-0.4, -0.2) is 33.3 Å². The van der Waals surface area contributed by atoms with Gasteiger partial charge >= 0.3 is 6.03 Å². The summed E-state index contributed by atoms with van der Waals surface area (Å²) in [5, 5.41) is 7.37. The number of rotatable bonds is 3.